The number of hydrogen-bond donors (Lipinski definition) is 3. The molecule has 122 valence electrons. The zero-order valence-electron chi connectivity index (χ0n) is 12.8. The number of carboxylic acid groups (broad SMARTS) is 1. The van der Waals surface area contributed by atoms with Gasteiger partial charge in [-0.25, -0.2) is 9.97 Å². The molecule has 0 saturated carbocycles. The SMILES string of the molecule is O=C(O)CNc1ncc(CN2CCCC(c3ccn[nH]3)C2)cn1. The lowest BCUT2D eigenvalue weighted by molar-refractivity contribution is -0.134. The normalized spacial score (nSPS) is 18.7. The predicted octanol–water partition coefficient (Wildman–Crippen LogP) is 1.08. The fourth-order valence-electron chi connectivity index (χ4n) is 2.89. The van der Waals surface area contributed by atoms with Crippen molar-refractivity contribution in [1.82, 2.24) is 25.1 Å². The number of rotatable bonds is 6. The van der Waals surface area contributed by atoms with Crippen LogP contribution in [0.15, 0.2) is 24.7 Å². The molecule has 1 unspecified atom stereocenters. The van der Waals surface area contributed by atoms with Crippen molar-refractivity contribution in [3.05, 3.63) is 35.9 Å². The topological polar surface area (TPSA) is 107 Å². The fraction of sp³-hybridized carbons (Fsp3) is 0.467. The van der Waals surface area contributed by atoms with Gasteiger partial charge in [0.1, 0.15) is 6.54 Å². The van der Waals surface area contributed by atoms with Crippen molar-refractivity contribution in [3.8, 4) is 0 Å². The van der Waals surface area contributed by atoms with Crippen molar-refractivity contribution in [2.24, 2.45) is 0 Å². The Labute approximate surface area is 134 Å². The maximum absolute atomic E-state index is 10.5. The molecule has 0 aliphatic carbocycles. The molecule has 8 heteroatoms. The smallest absolute Gasteiger partial charge is 0.322 e. The molecular formula is C15H20N6O2. The standard InChI is InChI=1S/C15H20N6O2/c22-14(23)8-18-15-16-6-11(7-17-15)9-21-5-1-2-12(10-21)13-3-4-19-20-13/h3-4,6-7,12H,1-2,5,8-10H2,(H,19,20)(H,22,23)(H,16,17,18). The summed E-state index contributed by atoms with van der Waals surface area (Å²) in [4.78, 5) is 21.2. The molecule has 0 bridgehead atoms. The molecule has 1 aliphatic rings. The van der Waals surface area contributed by atoms with Crippen LogP contribution in [0, 0.1) is 0 Å². The molecule has 0 radical (unpaired) electrons. The molecule has 3 N–H and O–H groups in total. The van der Waals surface area contributed by atoms with Crippen LogP contribution in [0.3, 0.4) is 0 Å². The van der Waals surface area contributed by atoms with E-state index in [-0.39, 0.29) is 6.54 Å². The number of carbonyl (C=O) groups is 1. The molecule has 1 aliphatic heterocycles. The quantitative estimate of drug-likeness (QED) is 0.732. The lowest BCUT2D eigenvalue weighted by atomic mass is 9.95. The van der Waals surface area contributed by atoms with Gasteiger partial charge in [0.05, 0.1) is 0 Å². The van der Waals surface area contributed by atoms with Gasteiger partial charge in [-0.3, -0.25) is 14.8 Å². The summed E-state index contributed by atoms with van der Waals surface area (Å²) in [5.74, 6) is -0.107. The number of aromatic nitrogens is 4. The summed E-state index contributed by atoms with van der Waals surface area (Å²) in [5, 5.41) is 18.4. The van der Waals surface area contributed by atoms with E-state index in [1.165, 1.54) is 12.1 Å². The van der Waals surface area contributed by atoms with Crippen LogP contribution in [0.2, 0.25) is 0 Å². The molecule has 8 nitrogen and oxygen atoms in total. The third-order valence-corrected chi connectivity index (χ3v) is 3.98. The van der Waals surface area contributed by atoms with Crippen molar-refractivity contribution < 1.29 is 9.90 Å². The average molecular weight is 316 g/mol. The maximum atomic E-state index is 10.5. The van der Waals surface area contributed by atoms with Crippen molar-refractivity contribution >= 4 is 11.9 Å². The highest BCUT2D eigenvalue weighted by atomic mass is 16.4. The molecule has 2 aromatic rings. The van der Waals surface area contributed by atoms with E-state index in [4.69, 9.17) is 5.11 Å². The van der Waals surface area contributed by atoms with E-state index in [9.17, 15) is 4.79 Å². The molecule has 2 aromatic heterocycles. The van der Waals surface area contributed by atoms with E-state index in [1.54, 1.807) is 18.6 Å². The second-order valence-corrected chi connectivity index (χ2v) is 5.75. The fourth-order valence-corrected chi connectivity index (χ4v) is 2.89. The van der Waals surface area contributed by atoms with Gasteiger partial charge in [-0.2, -0.15) is 5.10 Å². The van der Waals surface area contributed by atoms with Crippen LogP contribution >= 0.6 is 0 Å². The summed E-state index contributed by atoms with van der Waals surface area (Å²) in [5.41, 5.74) is 2.22. The second kappa shape index (κ2) is 7.19. The van der Waals surface area contributed by atoms with Crippen LogP contribution in [0.4, 0.5) is 5.95 Å². The average Bonchev–Trinajstić information content (AvgIpc) is 3.09. The summed E-state index contributed by atoms with van der Waals surface area (Å²) < 4.78 is 0. The van der Waals surface area contributed by atoms with Crippen LogP contribution in [-0.2, 0) is 11.3 Å². The third-order valence-electron chi connectivity index (χ3n) is 3.98. The van der Waals surface area contributed by atoms with Crippen molar-refractivity contribution in [2.75, 3.05) is 25.0 Å². The van der Waals surface area contributed by atoms with Crippen LogP contribution in [0.5, 0.6) is 0 Å². The zero-order chi connectivity index (χ0) is 16.1. The van der Waals surface area contributed by atoms with Crippen molar-refractivity contribution in [3.63, 3.8) is 0 Å². The second-order valence-electron chi connectivity index (χ2n) is 5.75. The van der Waals surface area contributed by atoms with Crippen molar-refractivity contribution in [2.45, 2.75) is 25.3 Å². The number of nitrogens with zero attached hydrogens (tertiary/aromatic N) is 4. The lowest BCUT2D eigenvalue weighted by Crippen LogP contribution is -2.34. The summed E-state index contributed by atoms with van der Waals surface area (Å²) in [6, 6.07) is 2.04. The van der Waals surface area contributed by atoms with Crippen LogP contribution in [0.1, 0.15) is 30.0 Å². The number of aliphatic carboxylic acids is 1. The van der Waals surface area contributed by atoms with E-state index in [1.807, 2.05) is 6.07 Å². The Bertz CT molecular complexity index is 628. The van der Waals surface area contributed by atoms with Gasteiger partial charge in [0, 0.05) is 48.9 Å². The monoisotopic (exact) mass is 316 g/mol. The molecule has 0 spiro atoms. The van der Waals surface area contributed by atoms with Gasteiger partial charge in [0.15, 0.2) is 0 Å². The van der Waals surface area contributed by atoms with Gasteiger partial charge in [0.25, 0.3) is 0 Å². The van der Waals surface area contributed by atoms with Gasteiger partial charge in [-0.1, -0.05) is 0 Å². The van der Waals surface area contributed by atoms with Crippen LogP contribution in [0.25, 0.3) is 0 Å². The molecular weight excluding hydrogens is 296 g/mol. The molecule has 3 rings (SSSR count). The highest BCUT2D eigenvalue weighted by Crippen LogP contribution is 2.26. The summed E-state index contributed by atoms with van der Waals surface area (Å²) in [6.45, 7) is 2.66. The highest BCUT2D eigenvalue weighted by Gasteiger charge is 2.22. The van der Waals surface area contributed by atoms with E-state index < -0.39 is 5.97 Å². The van der Waals surface area contributed by atoms with Crippen molar-refractivity contribution in [1.29, 1.82) is 0 Å². The predicted molar refractivity (Wildman–Crippen MR) is 84.0 cm³/mol. The molecule has 3 heterocycles. The minimum Gasteiger partial charge on any atom is -0.480 e. The molecule has 0 aromatic carbocycles. The molecule has 0 amide bonds. The Balaban J connectivity index is 1.55. The number of likely N-dealkylation sites (tertiary alicyclic amines) is 1. The Morgan fingerprint density at radius 3 is 2.96 bits per heavy atom. The molecule has 1 saturated heterocycles. The Kier molecular flexibility index (Phi) is 4.82. The highest BCUT2D eigenvalue weighted by molar-refractivity contribution is 5.71. The molecule has 1 atom stereocenters. The Morgan fingerprint density at radius 2 is 2.26 bits per heavy atom. The minimum absolute atomic E-state index is 0.183. The van der Waals surface area contributed by atoms with Crippen LogP contribution in [-0.4, -0.2) is 55.8 Å². The Hall–Kier alpha value is -2.48. The zero-order valence-corrected chi connectivity index (χ0v) is 12.8. The van der Waals surface area contributed by atoms with Gasteiger partial charge >= 0.3 is 5.97 Å². The number of carboxylic acids is 1. The summed E-state index contributed by atoms with van der Waals surface area (Å²) >= 11 is 0. The first-order valence-corrected chi connectivity index (χ1v) is 7.69. The van der Waals surface area contributed by atoms with E-state index in [0.717, 1.165) is 31.6 Å². The first kappa shape index (κ1) is 15.4. The minimum atomic E-state index is -0.934. The van der Waals surface area contributed by atoms with E-state index in [0.29, 0.717) is 11.9 Å². The first-order chi connectivity index (χ1) is 11.2. The van der Waals surface area contributed by atoms with Gasteiger partial charge in [-0.15, -0.1) is 0 Å². The van der Waals surface area contributed by atoms with Gasteiger partial charge in [0.2, 0.25) is 5.95 Å². The number of nitrogens with one attached hydrogen (secondary N) is 2. The summed E-state index contributed by atoms with van der Waals surface area (Å²) in [6.07, 6.45) is 7.62. The third kappa shape index (κ3) is 4.26. The molecule has 23 heavy (non-hydrogen) atoms. The number of piperidine rings is 1. The summed E-state index contributed by atoms with van der Waals surface area (Å²) in [7, 11) is 0. The number of H-pyrrole nitrogens is 1. The van der Waals surface area contributed by atoms with E-state index in [2.05, 4.69) is 30.4 Å². The van der Waals surface area contributed by atoms with Gasteiger partial charge in [-0.05, 0) is 25.5 Å². The largest absolute Gasteiger partial charge is 0.480 e. The van der Waals surface area contributed by atoms with Crippen LogP contribution < -0.4 is 5.32 Å². The maximum Gasteiger partial charge on any atom is 0.322 e. The number of aromatic amines is 1. The number of anilines is 1. The molecule has 1 fully saturated rings. The Morgan fingerprint density at radius 1 is 1.43 bits per heavy atom. The first-order valence-electron chi connectivity index (χ1n) is 7.69. The lowest BCUT2D eigenvalue weighted by Gasteiger charge is -2.32. The van der Waals surface area contributed by atoms with E-state index >= 15 is 0 Å². The van der Waals surface area contributed by atoms with Gasteiger partial charge < -0.3 is 10.4 Å². The number of hydrogen-bond acceptors (Lipinski definition) is 6.